The number of nitrogens with two attached hydrogens (primary N) is 1. The average molecular weight is 271 g/mol. The molecule has 3 N–H and O–H groups in total. The largest absolute Gasteiger partial charge is 0.327 e. The fourth-order valence-electron chi connectivity index (χ4n) is 3.44. The second-order valence-corrected chi connectivity index (χ2v) is 5.33. The van der Waals surface area contributed by atoms with E-state index in [-0.39, 0.29) is 30.3 Å². The minimum absolute atomic E-state index is 0. The van der Waals surface area contributed by atoms with E-state index in [0.717, 1.165) is 18.5 Å². The summed E-state index contributed by atoms with van der Waals surface area (Å²) in [4.78, 5) is 12.2. The van der Waals surface area contributed by atoms with Gasteiger partial charge in [0.25, 0.3) is 0 Å². The van der Waals surface area contributed by atoms with Gasteiger partial charge >= 0.3 is 0 Å². The molecule has 0 aliphatic heterocycles. The van der Waals surface area contributed by atoms with Crippen LogP contribution >= 0.6 is 12.4 Å². The van der Waals surface area contributed by atoms with Crippen LogP contribution < -0.4 is 11.1 Å². The Morgan fingerprint density at radius 2 is 2.22 bits per heavy atom. The zero-order valence-electron chi connectivity index (χ0n) is 10.4. The number of carbonyl (C=O) groups is 1. The Kier molecular flexibility index (Phi) is 3.64. The topological polar surface area (TPSA) is 72.9 Å². The van der Waals surface area contributed by atoms with Gasteiger partial charge in [-0.1, -0.05) is 0 Å². The highest BCUT2D eigenvalue weighted by Gasteiger charge is 2.49. The Morgan fingerprint density at radius 3 is 2.78 bits per heavy atom. The second kappa shape index (κ2) is 4.90. The zero-order valence-corrected chi connectivity index (χ0v) is 11.2. The number of nitrogens with one attached hydrogen (secondary N) is 1. The van der Waals surface area contributed by atoms with Crippen molar-refractivity contribution in [2.24, 2.45) is 30.5 Å². The molecule has 0 aromatic carbocycles. The molecule has 1 aromatic rings. The molecule has 0 saturated heterocycles. The molecule has 2 fully saturated rings. The minimum Gasteiger partial charge on any atom is -0.327 e. The number of anilines is 1. The van der Waals surface area contributed by atoms with E-state index in [0.29, 0.717) is 11.8 Å². The van der Waals surface area contributed by atoms with Gasteiger partial charge < -0.3 is 11.1 Å². The minimum atomic E-state index is -0.00560. The lowest BCUT2D eigenvalue weighted by molar-refractivity contribution is -0.121. The van der Waals surface area contributed by atoms with Crippen molar-refractivity contribution in [2.45, 2.75) is 25.3 Å². The third-order valence-electron chi connectivity index (χ3n) is 4.26. The molecule has 1 aromatic heterocycles. The fraction of sp³-hybridized carbons (Fsp3) is 0.667. The van der Waals surface area contributed by atoms with Gasteiger partial charge in [0.05, 0.1) is 17.8 Å². The molecular formula is C12H19ClN4O. The predicted molar refractivity (Wildman–Crippen MR) is 71.4 cm³/mol. The first-order chi connectivity index (χ1) is 8.15. The number of hydrogen-bond acceptors (Lipinski definition) is 3. The van der Waals surface area contributed by atoms with Crippen LogP contribution in [-0.4, -0.2) is 21.7 Å². The molecule has 0 spiro atoms. The van der Waals surface area contributed by atoms with Crippen molar-refractivity contribution in [1.82, 2.24) is 9.78 Å². The number of halogens is 1. The summed E-state index contributed by atoms with van der Waals surface area (Å²) in [6.07, 6.45) is 6.95. The van der Waals surface area contributed by atoms with Gasteiger partial charge in [-0.05, 0) is 31.1 Å². The number of carbonyl (C=O) groups excluding carboxylic acids is 1. The van der Waals surface area contributed by atoms with Crippen molar-refractivity contribution in [2.75, 3.05) is 5.32 Å². The number of hydrogen-bond donors (Lipinski definition) is 2. The fourth-order valence-corrected chi connectivity index (χ4v) is 3.44. The normalized spacial score (nSPS) is 33.2. The molecule has 1 heterocycles. The molecule has 4 atom stereocenters. The highest BCUT2D eigenvalue weighted by atomic mass is 35.5. The maximum absolute atomic E-state index is 12.2. The molecule has 6 heteroatoms. The van der Waals surface area contributed by atoms with Crippen molar-refractivity contribution in [3.05, 3.63) is 12.4 Å². The van der Waals surface area contributed by atoms with Gasteiger partial charge in [0.1, 0.15) is 0 Å². The Bertz CT molecular complexity index is 445. The first-order valence-electron chi connectivity index (χ1n) is 6.20. The van der Waals surface area contributed by atoms with Crippen LogP contribution in [0.4, 0.5) is 5.69 Å². The van der Waals surface area contributed by atoms with Crippen LogP contribution in [0.15, 0.2) is 12.4 Å². The molecule has 0 radical (unpaired) electrons. The number of aryl methyl sites for hydroxylation is 1. The highest BCUT2D eigenvalue weighted by Crippen LogP contribution is 2.47. The molecule has 2 aliphatic rings. The summed E-state index contributed by atoms with van der Waals surface area (Å²) < 4.78 is 1.68. The molecule has 1 amide bonds. The van der Waals surface area contributed by atoms with Crippen LogP contribution in [0.3, 0.4) is 0 Å². The Morgan fingerprint density at radius 1 is 1.50 bits per heavy atom. The molecule has 18 heavy (non-hydrogen) atoms. The van der Waals surface area contributed by atoms with Crippen LogP contribution in [0, 0.1) is 17.8 Å². The third kappa shape index (κ3) is 2.12. The number of fused-ring (bicyclic) bond motifs is 2. The van der Waals surface area contributed by atoms with E-state index >= 15 is 0 Å². The van der Waals surface area contributed by atoms with Crippen molar-refractivity contribution >= 4 is 24.0 Å². The quantitative estimate of drug-likeness (QED) is 0.847. The maximum atomic E-state index is 12.2. The molecule has 2 bridgehead atoms. The van der Waals surface area contributed by atoms with E-state index in [1.54, 1.807) is 17.1 Å². The van der Waals surface area contributed by atoms with E-state index in [9.17, 15) is 4.79 Å². The van der Waals surface area contributed by atoms with Crippen molar-refractivity contribution in [1.29, 1.82) is 0 Å². The summed E-state index contributed by atoms with van der Waals surface area (Å²) in [6.45, 7) is 0. The Balaban J connectivity index is 0.00000120. The van der Waals surface area contributed by atoms with E-state index in [1.165, 1.54) is 6.42 Å². The van der Waals surface area contributed by atoms with Crippen LogP contribution in [0.25, 0.3) is 0 Å². The predicted octanol–water partition coefficient (Wildman–Crippen LogP) is 1.15. The SMILES string of the molecule is Cl.Cn1cc(NC(=O)C2C3CCC(C3)C2N)cn1. The molecule has 2 saturated carbocycles. The summed E-state index contributed by atoms with van der Waals surface area (Å²) in [5, 5.41) is 6.95. The number of aromatic nitrogens is 2. The van der Waals surface area contributed by atoms with Crippen molar-refractivity contribution in [3.63, 3.8) is 0 Å². The van der Waals surface area contributed by atoms with Gasteiger partial charge in [-0.25, -0.2) is 0 Å². The monoisotopic (exact) mass is 270 g/mol. The summed E-state index contributed by atoms with van der Waals surface area (Å²) in [6, 6.07) is 0.0467. The number of rotatable bonds is 2. The first-order valence-corrected chi connectivity index (χ1v) is 6.20. The van der Waals surface area contributed by atoms with E-state index in [2.05, 4.69) is 10.4 Å². The van der Waals surface area contributed by atoms with Crippen molar-refractivity contribution < 1.29 is 4.79 Å². The molecule has 5 nitrogen and oxygen atoms in total. The summed E-state index contributed by atoms with van der Waals surface area (Å²) in [7, 11) is 1.83. The van der Waals surface area contributed by atoms with Gasteiger partial charge in [-0.2, -0.15) is 5.10 Å². The summed E-state index contributed by atoms with van der Waals surface area (Å²) in [5.41, 5.74) is 6.90. The molecule has 100 valence electrons. The number of amides is 1. The van der Waals surface area contributed by atoms with Gasteiger partial charge in [-0.15, -0.1) is 12.4 Å². The second-order valence-electron chi connectivity index (χ2n) is 5.33. The number of nitrogens with zero attached hydrogens (tertiary/aromatic N) is 2. The molecule has 4 unspecified atom stereocenters. The lowest BCUT2D eigenvalue weighted by Gasteiger charge is -2.26. The third-order valence-corrected chi connectivity index (χ3v) is 4.26. The average Bonchev–Trinajstić information content (AvgIpc) is 2.94. The smallest absolute Gasteiger partial charge is 0.229 e. The van der Waals surface area contributed by atoms with Crippen LogP contribution in [0.5, 0.6) is 0 Å². The van der Waals surface area contributed by atoms with Crippen LogP contribution in [0.1, 0.15) is 19.3 Å². The summed E-state index contributed by atoms with van der Waals surface area (Å²) >= 11 is 0. The standard InChI is InChI=1S/C12H18N4O.ClH/c1-16-6-9(5-14-16)15-12(17)10-7-2-3-8(4-7)11(10)13;/h5-8,10-11H,2-4,13H2,1H3,(H,15,17);1H. The highest BCUT2D eigenvalue weighted by molar-refractivity contribution is 5.93. The Hall–Kier alpha value is -1.07. The summed E-state index contributed by atoms with van der Waals surface area (Å²) in [5.74, 6) is 1.11. The maximum Gasteiger partial charge on any atom is 0.229 e. The Labute approximate surface area is 113 Å². The molecular weight excluding hydrogens is 252 g/mol. The van der Waals surface area contributed by atoms with Crippen molar-refractivity contribution in [3.8, 4) is 0 Å². The molecule has 3 rings (SSSR count). The van der Waals surface area contributed by atoms with Gasteiger partial charge in [-0.3, -0.25) is 9.48 Å². The van der Waals surface area contributed by atoms with E-state index < -0.39 is 0 Å². The lowest BCUT2D eigenvalue weighted by atomic mass is 9.84. The lowest BCUT2D eigenvalue weighted by Crippen LogP contribution is -2.42. The van der Waals surface area contributed by atoms with E-state index in [4.69, 9.17) is 5.73 Å². The van der Waals surface area contributed by atoms with E-state index in [1.807, 2.05) is 7.05 Å². The van der Waals surface area contributed by atoms with Gasteiger partial charge in [0.2, 0.25) is 5.91 Å². The zero-order chi connectivity index (χ0) is 12.0. The van der Waals surface area contributed by atoms with Gasteiger partial charge in [0, 0.05) is 19.3 Å². The van der Waals surface area contributed by atoms with Crippen LogP contribution in [0.2, 0.25) is 0 Å². The first kappa shape index (κ1) is 13.4. The van der Waals surface area contributed by atoms with Gasteiger partial charge in [0.15, 0.2) is 0 Å². The van der Waals surface area contributed by atoms with Crippen LogP contribution in [-0.2, 0) is 11.8 Å². The molecule has 2 aliphatic carbocycles.